The molecule has 0 aliphatic rings. The summed E-state index contributed by atoms with van der Waals surface area (Å²) in [7, 11) is 0. The SMILES string of the molecule is CCCNc1ccc(Cl)cc1C(=O)NC(C)CSC. The van der Waals surface area contributed by atoms with Gasteiger partial charge in [-0.25, -0.2) is 0 Å². The van der Waals surface area contributed by atoms with E-state index in [1.807, 2.05) is 19.2 Å². The standard InChI is InChI=1S/C14H21ClN2OS/c1-4-7-16-13-6-5-11(15)8-12(13)14(18)17-10(2)9-19-3/h5-6,8,10,16H,4,7,9H2,1-3H3,(H,17,18). The van der Waals surface area contributed by atoms with Crippen LogP contribution in [0.15, 0.2) is 18.2 Å². The number of hydrogen-bond acceptors (Lipinski definition) is 3. The largest absolute Gasteiger partial charge is 0.384 e. The van der Waals surface area contributed by atoms with Gasteiger partial charge >= 0.3 is 0 Å². The number of rotatable bonds is 7. The van der Waals surface area contributed by atoms with Gasteiger partial charge in [-0.15, -0.1) is 0 Å². The first kappa shape index (κ1) is 16.2. The Morgan fingerprint density at radius 2 is 2.21 bits per heavy atom. The summed E-state index contributed by atoms with van der Waals surface area (Å²) in [6, 6.07) is 5.50. The second kappa shape index (κ2) is 8.33. The Morgan fingerprint density at radius 1 is 1.47 bits per heavy atom. The van der Waals surface area contributed by atoms with Crippen LogP contribution in [0, 0.1) is 0 Å². The zero-order valence-corrected chi connectivity index (χ0v) is 13.2. The number of hydrogen-bond donors (Lipinski definition) is 2. The average molecular weight is 301 g/mol. The Hall–Kier alpha value is -0.870. The predicted molar refractivity (Wildman–Crippen MR) is 85.5 cm³/mol. The van der Waals surface area contributed by atoms with Crippen molar-refractivity contribution in [2.45, 2.75) is 26.3 Å². The summed E-state index contributed by atoms with van der Waals surface area (Å²) in [5.74, 6) is 0.812. The van der Waals surface area contributed by atoms with Gasteiger partial charge in [-0.2, -0.15) is 11.8 Å². The molecule has 0 radical (unpaired) electrons. The lowest BCUT2D eigenvalue weighted by atomic mass is 10.1. The molecule has 0 saturated carbocycles. The topological polar surface area (TPSA) is 41.1 Å². The molecule has 0 fully saturated rings. The fourth-order valence-electron chi connectivity index (χ4n) is 1.71. The maximum atomic E-state index is 12.2. The molecule has 1 rings (SSSR count). The molecule has 1 aromatic rings. The highest BCUT2D eigenvalue weighted by Gasteiger charge is 2.14. The summed E-state index contributed by atoms with van der Waals surface area (Å²) >= 11 is 7.69. The van der Waals surface area contributed by atoms with E-state index in [0.717, 1.165) is 24.4 Å². The van der Waals surface area contributed by atoms with E-state index in [1.165, 1.54) is 0 Å². The highest BCUT2D eigenvalue weighted by molar-refractivity contribution is 7.98. The molecule has 0 bridgehead atoms. The quantitative estimate of drug-likeness (QED) is 0.808. The smallest absolute Gasteiger partial charge is 0.253 e. The zero-order valence-electron chi connectivity index (χ0n) is 11.6. The fraction of sp³-hybridized carbons (Fsp3) is 0.500. The van der Waals surface area contributed by atoms with Crippen LogP contribution in [0.25, 0.3) is 0 Å². The maximum Gasteiger partial charge on any atom is 0.253 e. The van der Waals surface area contributed by atoms with Crippen molar-refractivity contribution in [3.63, 3.8) is 0 Å². The average Bonchev–Trinajstić information content (AvgIpc) is 2.37. The van der Waals surface area contributed by atoms with Gasteiger partial charge in [0, 0.05) is 29.0 Å². The number of carbonyl (C=O) groups excluding carboxylic acids is 1. The van der Waals surface area contributed by atoms with E-state index >= 15 is 0 Å². The molecule has 2 N–H and O–H groups in total. The Bertz CT molecular complexity index is 426. The van der Waals surface area contributed by atoms with Crippen molar-refractivity contribution >= 4 is 35.0 Å². The lowest BCUT2D eigenvalue weighted by molar-refractivity contribution is 0.0944. The molecule has 0 spiro atoms. The van der Waals surface area contributed by atoms with Gasteiger partial charge in [-0.3, -0.25) is 4.79 Å². The predicted octanol–water partition coefficient (Wildman–Crippen LogP) is 3.64. The van der Waals surface area contributed by atoms with Crippen LogP contribution in [0.5, 0.6) is 0 Å². The molecule has 1 amide bonds. The van der Waals surface area contributed by atoms with E-state index in [4.69, 9.17) is 11.6 Å². The highest BCUT2D eigenvalue weighted by atomic mass is 35.5. The monoisotopic (exact) mass is 300 g/mol. The number of thioether (sulfide) groups is 1. The third-order valence-corrected chi connectivity index (χ3v) is 3.65. The fourth-order valence-corrected chi connectivity index (χ4v) is 2.47. The number of nitrogens with one attached hydrogen (secondary N) is 2. The molecule has 1 atom stereocenters. The Balaban J connectivity index is 2.84. The van der Waals surface area contributed by atoms with Gasteiger partial charge in [0.05, 0.1) is 5.56 Å². The summed E-state index contributed by atoms with van der Waals surface area (Å²) < 4.78 is 0. The lowest BCUT2D eigenvalue weighted by Crippen LogP contribution is -2.34. The Morgan fingerprint density at radius 3 is 2.84 bits per heavy atom. The van der Waals surface area contributed by atoms with Gasteiger partial charge in [-0.05, 0) is 37.8 Å². The summed E-state index contributed by atoms with van der Waals surface area (Å²) in [6.45, 7) is 4.92. The minimum absolute atomic E-state index is 0.0809. The summed E-state index contributed by atoms with van der Waals surface area (Å²) in [5.41, 5.74) is 1.44. The van der Waals surface area contributed by atoms with Crippen LogP contribution in [-0.2, 0) is 0 Å². The lowest BCUT2D eigenvalue weighted by Gasteiger charge is -2.15. The molecule has 0 aliphatic heterocycles. The van der Waals surface area contributed by atoms with Crippen LogP contribution in [0.2, 0.25) is 5.02 Å². The second-order valence-corrected chi connectivity index (χ2v) is 5.79. The van der Waals surface area contributed by atoms with Crippen LogP contribution < -0.4 is 10.6 Å². The van der Waals surface area contributed by atoms with Crippen molar-refractivity contribution < 1.29 is 4.79 Å². The number of anilines is 1. The molecule has 1 aromatic carbocycles. The number of carbonyl (C=O) groups is 1. The Kier molecular flexibility index (Phi) is 7.10. The van der Waals surface area contributed by atoms with Crippen LogP contribution in [0.3, 0.4) is 0 Å². The molecule has 0 saturated heterocycles. The second-order valence-electron chi connectivity index (χ2n) is 4.45. The van der Waals surface area contributed by atoms with Crippen LogP contribution in [-0.4, -0.2) is 30.5 Å². The summed E-state index contributed by atoms with van der Waals surface area (Å²) in [4.78, 5) is 12.2. The molecule has 106 valence electrons. The van der Waals surface area contributed by atoms with Crippen LogP contribution in [0.4, 0.5) is 5.69 Å². The first-order chi connectivity index (χ1) is 9.08. The normalized spacial score (nSPS) is 12.0. The van der Waals surface area contributed by atoms with Gasteiger partial charge < -0.3 is 10.6 Å². The Labute approximate surface area is 124 Å². The number of amides is 1. The van der Waals surface area contributed by atoms with Gasteiger partial charge in [0.1, 0.15) is 0 Å². The highest BCUT2D eigenvalue weighted by Crippen LogP contribution is 2.21. The molecule has 19 heavy (non-hydrogen) atoms. The molecule has 0 aromatic heterocycles. The molecular weight excluding hydrogens is 280 g/mol. The first-order valence-corrected chi connectivity index (χ1v) is 8.18. The van der Waals surface area contributed by atoms with Crippen LogP contribution in [0.1, 0.15) is 30.6 Å². The number of benzene rings is 1. The van der Waals surface area contributed by atoms with Crippen molar-refractivity contribution in [1.29, 1.82) is 0 Å². The molecule has 0 heterocycles. The van der Waals surface area contributed by atoms with E-state index < -0.39 is 0 Å². The van der Waals surface area contributed by atoms with E-state index in [9.17, 15) is 4.79 Å². The van der Waals surface area contributed by atoms with Crippen LogP contribution >= 0.6 is 23.4 Å². The minimum atomic E-state index is -0.0809. The van der Waals surface area contributed by atoms with Crippen molar-refractivity contribution in [1.82, 2.24) is 5.32 Å². The van der Waals surface area contributed by atoms with Gasteiger partial charge in [-0.1, -0.05) is 18.5 Å². The third kappa shape index (κ3) is 5.33. The van der Waals surface area contributed by atoms with E-state index in [1.54, 1.807) is 23.9 Å². The summed E-state index contributed by atoms with van der Waals surface area (Å²) in [5, 5.41) is 6.81. The maximum absolute atomic E-state index is 12.2. The molecule has 0 aliphatic carbocycles. The third-order valence-electron chi connectivity index (χ3n) is 2.59. The van der Waals surface area contributed by atoms with Crippen molar-refractivity contribution in [2.24, 2.45) is 0 Å². The van der Waals surface area contributed by atoms with Gasteiger partial charge in [0.25, 0.3) is 5.91 Å². The van der Waals surface area contributed by atoms with E-state index in [2.05, 4.69) is 17.6 Å². The number of halogens is 1. The minimum Gasteiger partial charge on any atom is -0.384 e. The van der Waals surface area contributed by atoms with Gasteiger partial charge in [0.15, 0.2) is 0 Å². The molecule has 1 unspecified atom stereocenters. The summed E-state index contributed by atoms with van der Waals surface area (Å²) in [6.07, 6.45) is 3.03. The van der Waals surface area contributed by atoms with Crippen molar-refractivity contribution in [2.75, 3.05) is 23.9 Å². The molecular formula is C14H21ClN2OS. The first-order valence-electron chi connectivity index (χ1n) is 6.41. The molecule has 3 nitrogen and oxygen atoms in total. The molecule has 5 heteroatoms. The van der Waals surface area contributed by atoms with Crippen molar-refractivity contribution in [3.8, 4) is 0 Å². The van der Waals surface area contributed by atoms with E-state index in [-0.39, 0.29) is 11.9 Å². The van der Waals surface area contributed by atoms with E-state index in [0.29, 0.717) is 10.6 Å². The zero-order chi connectivity index (χ0) is 14.3. The van der Waals surface area contributed by atoms with Crippen molar-refractivity contribution in [3.05, 3.63) is 28.8 Å². The van der Waals surface area contributed by atoms with Gasteiger partial charge in [0.2, 0.25) is 0 Å².